The quantitative estimate of drug-likeness (QED) is 0.475. The van der Waals surface area contributed by atoms with Crippen LogP contribution in [0.3, 0.4) is 0 Å². The molecule has 0 aliphatic rings. The Morgan fingerprint density at radius 3 is 2.68 bits per heavy atom. The fourth-order valence-corrected chi connectivity index (χ4v) is 3.42. The highest BCUT2D eigenvalue weighted by Gasteiger charge is 2.21. The summed E-state index contributed by atoms with van der Waals surface area (Å²) in [5.74, 6) is 1.32. The molecule has 0 atom stereocenters. The average Bonchev–Trinajstić information content (AvgIpc) is 3.09. The lowest BCUT2D eigenvalue weighted by molar-refractivity contribution is -0.737. The van der Waals surface area contributed by atoms with Gasteiger partial charge in [-0.25, -0.2) is 4.84 Å². The van der Waals surface area contributed by atoms with Gasteiger partial charge in [0.1, 0.15) is 5.69 Å². The van der Waals surface area contributed by atoms with Crippen molar-refractivity contribution in [3.05, 3.63) is 59.1 Å². The number of pyridine rings is 1. The van der Waals surface area contributed by atoms with Crippen molar-refractivity contribution in [3.63, 3.8) is 0 Å². The van der Waals surface area contributed by atoms with Gasteiger partial charge in [0.25, 0.3) is 4.92 Å². The van der Waals surface area contributed by atoms with E-state index in [4.69, 9.17) is 4.84 Å². The summed E-state index contributed by atoms with van der Waals surface area (Å²) in [6, 6.07) is 13.0. The van der Waals surface area contributed by atoms with E-state index in [-0.39, 0.29) is 0 Å². The molecule has 0 N–H and O–H groups in total. The van der Waals surface area contributed by atoms with E-state index < -0.39 is 0 Å². The Morgan fingerprint density at radius 2 is 1.96 bits per heavy atom. The van der Waals surface area contributed by atoms with Gasteiger partial charge in [-0.05, 0) is 19.1 Å². The molecule has 0 saturated carbocycles. The SMILES string of the molecule is CCn1c(SCc2ccccc2[N+](=O)OC)nnc1-c1ccccn1. The van der Waals surface area contributed by atoms with Crippen LogP contribution < -0.4 is 0 Å². The van der Waals surface area contributed by atoms with E-state index in [0.717, 1.165) is 28.8 Å². The first kappa shape index (κ1) is 17.1. The fraction of sp³-hybridized carbons (Fsp3) is 0.235. The average molecular weight is 356 g/mol. The molecule has 1 aromatic carbocycles. The Hall–Kier alpha value is -2.74. The molecule has 0 unspecified atom stereocenters. The smallest absolute Gasteiger partial charge is 0.301 e. The molecule has 8 heteroatoms. The number of hydrogen-bond donors (Lipinski definition) is 0. The number of benzene rings is 1. The van der Waals surface area contributed by atoms with E-state index in [1.807, 2.05) is 41.8 Å². The number of thioether (sulfide) groups is 1. The minimum Gasteiger partial charge on any atom is -0.301 e. The van der Waals surface area contributed by atoms with Crippen LogP contribution in [0.1, 0.15) is 12.5 Å². The second kappa shape index (κ2) is 7.89. The van der Waals surface area contributed by atoms with Gasteiger partial charge in [-0.2, -0.15) is 0 Å². The lowest BCUT2D eigenvalue weighted by atomic mass is 10.2. The van der Waals surface area contributed by atoms with Crippen LogP contribution >= 0.6 is 11.8 Å². The molecule has 25 heavy (non-hydrogen) atoms. The summed E-state index contributed by atoms with van der Waals surface area (Å²) in [5, 5.41) is 9.35. The zero-order chi connectivity index (χ0) is 17.6. The number of hydrogen-bond acceptors (Lipinski definition) is 6. The van der Waals surface area contributed by atoms with Gasteiger partial charge in [0.15, 0.2) is 18.1 Å². The predicted molar refractivity (Wildman–Crippen MR) is 95.2 cm³/mol. The maximum atomic E-state index is 11.8. The molecular formula is C17H18N5O2S+. The van der Waals surface area contributed by atoms with Gasteiger partial charge in [-0.15, -0.1) is 10.2 Å². The summed E-state index contributed by atoms with van der Waals surface area (Å²) in [7, 11) is 1.35. The zero-order valence-corrected chi connectivity index (χ0v) is 14.8. The Morgan fingerprint density at radius 1 is 1.16 bits per heavy atom. The first-order valence-corrected chi connectivity index (χ1v) is 8.79. The third-order valence-corrected chi connectivity index (χ3v) is 4.65. The molecule has 0 radical (unpaired) electrons. The van der Waals surface area contributed by atoms with Crippen LogP contribution in [0.5, 0.6) is 0 Å². The number of para-hydroxylation sites is 1. The van der Waals surface area contributed by atoms with Crippen LogP contribution in [-0.4, -0.2) is 31.8 Å². The van der Waals surface area contributed by atoms with E-state index in [1.54, 1.807) is 18.3 Å². The van der Waals surface area contributed by atoms with Gasteiger partial charge in [-0.3, -0.25) is 4.98 Å². The Labute approximate surface area is 149 Å². The second-order valence-corrected chi connectivity index (χ2v) is 6.06. The number of rotatable bonds is 7. The van der Waals surface area contributed by atoms with Gasteiger partial charge in [-0.1, -0.05) is 36.0 Å². The molecule has 0 fully saturated rings. The Balaban J connectivity index is 1.84. The molecule has 3 aromatic rings. The van der Waals surface area contributed by atoms with Crippen LogP contribution in [0, 0.1) is 4.91 Å². The second-order valence-electron chi connectivity index (χ2n) is 5.12. The van der Waals surface area contributed by atoms with Gasteiger partial charge in [0, 0.05) is 30.1 Å². The third-order valence-electron chi connectivity index (χ3n) is 3.64. The van der Waals surface area contributed by atoms with E-state index >= 15 is 0 Å². The first-order chi connectivity index (χ1) is 12.2. The van der Waals surface area contributed by atoms with Gasteiger partial charge >= 0.3 is 5.69 Å². The van der Waals surface area contributed by atoms with Crippen molar-refractivity contribution in [2.75, 3.05) is 7.11 Å². The van der Waals surface area contributed by atoms with Gasteiger partial charge in [0.2, 0.25) is 0 Å². The maximum absolute atomic E-state index is 11.8. The molecule has 2 heterocycles. The summed E-state index contributed by atoms with van der Waals surface area (Å²) in [6.07, 6.45) is 1.74. The largest absolute Gasteiger partial charge is 0.320 e. The minimum atomic E-state index is 0.491. The van der Waals surface area contributed by atoms with Crippen LogP contribution in [-0.2, 0) is 17.1 Å². The predicted octanol–water partition coefficient (Wildman–Crippen LogP) is 3.62. The fourth-order valence-electron chi connectivity index (χ4n) is 2.42. The first-order valence-electron chi connectivity index (χ1n) is 7.81. The molecular weight excluding hydrogens is 338 g/mol. The molecule has 0 amide bonds. The molecule has 0 saturated heterocycles. The van der Waals surface area contributed by atoms with Crippen molar-refractivity contribution >= 4 is 17.4 Å². The lowest BCUT2D eigenvalue weighted by Crippen LogP contribution is -2.02. The van der Waals surface area contributed by atoms with Crippen LogP contribution in [0.15, 0.2) is 53.8 Å². The van der Waals surface area contributed by atoms with E-state index in [1.165, 1.54) is 18.9 Å². The van der Waals surface area contributed by atoms with E-state index in [2.05, 4.69) is 15.2 Å². The minimum absolute atomic E-state index is 0.491. The highest BCUT2D eigenvalue weighted by Crippen LogP contribution is 2.29. The normalized spacial score (nSPS) is 10.6. The van der Waals surface area contributed by atoms with Crippen molar-refractivity contribution in [2.45, 2.75) is 24.4 Å². The highest BCUT2D eigenvalue weighted by molar-refractivity contribution is 7.98. The van der Waals surface area contributed by atoms with Gasteiger partial charge < -0.3 is 4.57 Å². The molecule has 0 spiro atoms. The molecule has 3 rings (SSSR count). The van der Waals surface area contributed by atoms with Crippen LogP contribution in [0.25, 0.3) is 11.5 Å². The standard InChI is InChI=1S/C17H18N5O2S/c1-3-21-16(14-9-6-7-11-18-14)19-20-17(21)25-12-13-8-4-5-10-15(13)22(23)24-2/h4-11H,3,12H2,1-2H3/q+1. The van der Waals surface area contributed by atoms with Crippen molar-refractivity contribution in [3.8, 4) is 11.5 Å². The zero-order valence-electron chi connectivity index (χ0n) is 14.0. The van der Waals surface area contributed by atoms with Crippen molar-refractivity contribution in [2.24, 2.45) is 0 Å². The number of nitrogens with zero attached hydrogens (tertiary/aromatic N) is 5. The summed E-state index contributed by atoms with van der Waals surface area (Å²) in [6.45, 7) is 2.77. The van der Waals surface area contributed by atoms with E-state index in [0.29, 0.717) is 16.4 Å². The van der Waals surface area contributed by atoms with Crippen LogP contribution in [0.4, 0.5) is 5.69 Å². The van der Waals surface area contributed by atoms with Crippen molar-refractivity contribution < 1.29 is 9.76 Å². The molecule has 2 aromatic heterocycles. The monoisotopic (exact) mass is 356 g/mol. The molecule has 0 bridgehead atoms. The topological polar surface area (TPSA) is 72.9 Å². The molecule has 7 nitrogen and oxygen atoms in total. The van der Waals surface area contributed by atoms with Crippen LogP contribution in [0.2, 0.25) is 0 Å². The summed E-state index contributed by atoms with van der Waals surface area (Å²) < 4.78 is 2.01. The highest BCUT2D eigenvalue weighted by atomic mass is 32.2. The van der Waals surface area contributed by atoms with E-state index in [9.17, 15) is 4.91 Å². The summed E-state index contributed by atoms with van der Waals surface area (Å²) in [4.78, 5) is 21.4. The Kier molecular flexibility index (Phi) is 5.39. The van der Waals surface area contributed by atoms with Crippen molar-refractivity contribution in [1.29, 1.82) is 0 Å². The summed E-state index contributed by atoms with van der Waals surface area (Å²) >= 11 is 1.52. The molecule has 0 aliphatic carbocycles. The maximum Gasteiger partial charge on any atom is 0.320 e. The summed E-state index contributed by atoms with van der Waals surface area (Å²) in [5.41, 5.74) is 2.15. The van der Waals surface area contributed by atoms with Crippen molar-refractivity contribution in [1.82, 2.24) is 19.7 Å². The van der Waals surface area contributed by atoms with Gasteiger partial charge in [0.05, 0.1) is 4.91 Å². The third kappa shape index (κ3) is 3.69. The Bertz CT molecular complexity index is 866. The number of aromatic nitrogens is 4. The molecule has 128 valence electrons. The lowest BCUT2D eigenvalue weighted by Gasteiger charge is -2.06. The molecule has 0 aliphatic heterocycles.